The Labute approximate surface area is 167 Å². The van der Waals surface area contributed by atoms with Crippen LogP contribution in [0.2, 0.25) is 5.02 Å². The van der Waals surface area contributed by atoms with E-state index in [-0.39, 0.29) is 5.91 Å². The van der Waals surface area contributed by atoms with Crippen LogP contribution >= 0.6 is 35.6 Å². The molecule has 1 aliphatic rings. The maximum atomic E-state index is 12.6. The molecule has 2 aromatic rings. The number of hydrogen-bond acceptors (Lipinski definition) is 5. The topological polar surface area (TPSA) is 41.6 Å². The van der Waals surface area contributed by atoms with Gasteiger partial charge >= 0.3 is 0 Å². The molecule has 1 saturated heterocycles. The number of amides is 1. The molecule has 3 rings (SSSR count). The number of rotatable bonds is 5. The summed E-state index contributed by atoms with van der Waals surface area (Å²) in [7, 11) is 1.62. The Hall–Kier alpha value is -2.02. The van der Waals surface area contributed by atoms with Gasteiger partial charge < -0.3 is 10.1 Å². The summed E-state index contributed by atoms with van der Waals surface area (Å²) in [4.78, 5) is 14.8. The summed E-state index contributed by atoms with van der Waals surface area (Å²) >= 11 is 12.8. The first kappa shape index (κ1) is 18.8. The second-order valence-corrected chi connectivity index (χ2v) is 7.76. The van der Waals surface area contributed by atoms with Crippen molar-refractivity contribution < 1.29 is 9.53 Å². The number of benzene rings is 2. The number of carbonyl (C=O) groups is 1. The zero-order valence-electron chi connectivity index (χ0n) is 14.3. The van der Waals surface area contributed by atoms with Crippen molar-refractivity contribution in [3.8, 4) is 5.75 Å². The number of thiocarbonyl (C=S) groups is 1. The first-order valence-corrected chi connectivity index (χ1v) is 9.47. The quantitative estimate of drug-likeness (QED) is 0.565. The van der Waals surface area contributed by atoms with E-state index < -0.39 is 0 Å². The Kier molecular flexibility index (Phi) is 5.86. The Morgan fingerprint density at radius 1 is 1.27 bits per heavy atom. The van der Waals surface area contributed by atoms with Gasteiger partial charge in [0.15, 0.2) is 0 Å². The van der Waals surface area contributed by atoms with E-state index in [0.717, 1.165) is 22.6 Å². The Balaban J connectivity index is 1.69. The highest BCUT2D eigenvalue weighted by atomic mass is 35.5. The van der Waals surface area contributed by atoms with Crippen LogP contribution < -0.4 is 10.1 Å². The van der Waals surface area contributed by atoms with Gasteiger partial charge in [0.25, 0.3) is 5.91 Å². The molecule has 1 heterocycles. The van der Waals surface area contributed by atoms with Crippen LogP contribution in [0, 0.1) is 6.92 Å². The van der Waals surface area contributed by atoms with Crippen LogP contribution in [0.5, 0.6) is 5.75 Å². The third-order valence-corrected chi connectivity index (χ3v) is 5.69. The first-order valence-electron chi connectivity index (χ1n) is 7.87. The molecule has 4 nitrogen and oxygen atoms in total. The third-order valence-electron chi connectivity index (χ3n) is 3.90. The number of carbonyl (C=O) groups excluding carboxylic acids is 1. The summed E-state index contributed by atoms with van der Waals surface area (Å²) in [5.41, 5.74) is 2.77. The van der Waals surface area contributed by atoms with Crippen molar-refractivity contribution in [1.82, 2.24) is 4.90 Å². The summed E-state index contributed by atoms with van der Waals surface area (Å²) in [5.74, 6) is 0.664. The number of ether oxygens (including phenoxy) is 1. The number of thioether (sulfide) groups is 1. The highest BCUT2D eigenvalue weighted by Gasteiger charge is 2.31. The molecule has 0 bridgehead atoms. The van der Waals surface area contributed by atoms with E-state index in [9.17, 15) is 4.79 Å². The zero-order valence-corrected chi connectivity index (χ0v) is 16.7. The van der Waals surface area contributed by atoms with E-state index in [1.807, 2.05) is 55.5 Å². The molecular weight excluding hydrogens is 388 g/mol. The number of nitrogens with one attached hydrogen (secondary N) is 1. The van der Waals surface area contributed by atoms with Crippen LogP contribution in [0.3, 0.4) is 0 Å². The lowest BCUT2D eigenvalue weighted by Crippen LogP contribution is -2.33. The van der Waals surface area contributed by atoms with Gasteiger partial charge in [0.1, 0.15) is 10.1 Å². The largest absolute Gasteiger partial charge is 0.497 e. The molecule has 2 aromatic carbocycles. The average Bonchev–Trinajstić information content (AvgIpc) is 2.90. The number of methoxy groups -OCH3 is 1. The molecule has 0 saturated carbocycles. The number of aryl methyl sites for hydroxylation is 1. The molecule has 0 aromatic heterocycles. The van der Waals surface area contributed by atoms with Gasteiger partial charge in [-0.3, -0.25) is 9.69 Å². The van der Waals surface area contributed by atoms with Crippen molar-refractivity contribution in [3.63, 3.8) is 0 Å². The maximum absolute atomic E-state index is 12.6. The summed E-state index contributed by atoms with van der Waals surface area (Å²) in [6, 6.07) is 13.2. The average molecular weight is 405 g/mol. The van der Waals surface area contributed by atoms with Gasteiger partial charge in [0, 0.05) is 10.7 Å². The van der Waals surface area contributed by atoms with E-state index in [4.69, 9.17) is 28.6 Å². The van der Waals surface area contributed by atoms with Gasteiger partial charge in [0.05, 0.1) is 18.7 Å². The van der Waals surface area contributed by atoms with E-state index >= 15 is 0 Å². The van der Waals surface area contributed by atoms with Gasteiger partial charge in [-0.2, -0.15) is 0 Å². The molecule has 0 radical (unpaired) electrons. The zero-order chi connectivity index (χ0) is 18.7. The summed E-state index contributed by atoms with van der Waals surface area (Å²) < 4.78 is 5.67. The van der Waals surface area contributed by atoms with Crippen molar-refractivity contribution in [1.29, 1.82) is 0 Å². The van der Waals surface area contributed by atoms with Gasteiger partial charge in [-0.05, 0) is 48.4 Å². The Bertz CT molecular complexity index is 882. The minimum absolute atomic E-state index is 0.110. The maximum Gasteiger partial charge on any atom is 0.267 e. The fourth-order valence-electron chi connectivity index (χ4n) is 2.36. The molecular formula is C19H17ClN2O2S2. The molecule has 1 fully saturated rings. The molecule has 0 atom stereocenters. The number of hydrogen-bond donors (Lipinski definition) is 1. The van der Waals surface area contributed by atoms with Crippen molar-refractivity contribution in [2.45, 2.75) is 6.92 Å². The van der Waals surface area contributed by atoms with Crippen molar-refractivity contribution >= 4 is 57.6 Å². The molecule has 1 aliphatic heterocycles. The normalized spacial score (nSPS) is 15.7. The highest BCUT2D eigenvalue weighted by Crippen LogP contribution is 2.32. The number of anilines is 1. The predicted octanol–water partition coefficient (Wildman–Crippen LogP) is 4.93. The SMILES string of the molecule is COc1ccc(/C=C2/SC(=S)N(CNc3ccc(C)c(Cl)c3)C2=O)cc1. The van der Waals surface area contributed by atoms with Crippen LogP contribution in [-0.4, -0.2) is 28.9 Å². The lowest BCUT2D eigenvalue weighted by atomic mass is 10.2. The second kappa shape index (κ2) is 8.12. The van der Waals surface area contributed by atoms with Crippen molar-refractivity contribution in [2.24, 2.45) is 0 Å². The van der Waals surface area contributed by atoms with Crippen LogP contribution in [0.15, 0.2) is 47.4 Å². The Morgan fingerprint density at radius 2 is 2.00 bits per heavy atom. The van der Waals surface area contributed by atoms with Crippen LogP contribution in [0.4, 0.5) is 5.69 Å². The molecule has 134 valence electrons. The smallest absolute Gasteiger partial charge is 0.267 e. The van der Waals surface area contributed by atoms with Gasteiger partial charge in [-0.1, -0.05) is 53.8 Å². The summed E-state index contributed by atoms with van der Waals surface area (Å²) in [6.07, 6.45) is 1.83. The van der Waals surface area contributed by atoms with E-state index in [1.54, 1.807) is 12.0 Å². The van der Waals surface area contributed by atoms with Crippen LogP contribution in [-0.2, 0) is 4.79 Å². The van der Waals surface area contributed by atoms with Gasteiger partial charge in [0.2, 0.25) is 0 Å². The van der Waals surface area contributed by atoms with E-state index in [0.29, 0.717) is 20.9 Å². The molecule has 0 aliphatic carbocycles. The summed E-state index contributed by atoms with van der Waals surface area (Å²) in [6.45, 7) is 2.24. The molecule has 7 heteroatoms. The van der Waals surface area contributed by atoms with Crippen molar-refractivity contribution in [3.05, 3.63) is 63.5 Å². The molecule has 26 heavy (non-hydrogen) atoms. The fraction of sp³-hybridized carbons (Fsp3) is 0.158. The fourth-order valence-corrected chi connectivity index (χ4v) is 3.80. The van der Waals surface area contributed by atoms with E-state index in [2.05, 4.69) is 5.32 Å². The minimum Gasteiger partial charge on any atom is -0.497 e. The third kappa shape index (κ3) is 4.20. The lowest BCUT2D eigenvalue weighted by Gasteiger charge is -2.16. The van der Waals surface area contributed by atoms with Gasteiger partial charge in [-0.15, -0.1) is 0 Å². The molecule has 0 spiro atoms. The monoisotopic (exact) mass is 404 g/mol. The minimum atomic E-state index is -0.110. The summed E-state index contributed by atoms with van der Waals surface area (Å²) in [5, 5.41) is 3.87. The standard InChI is InChI=1S/C19H17ClN2O2S2/c1-12-3-6-14(10-16(12)20)21-11-22-18(23)17(26-19(22)25)9-13-4-7-15(24-2)8-5-13/h3-10,21H,11H2,1-2H3/b17-9+. The molecule has 1 N–H and O–H groups in total. The number of halogens is 1. The lowest BCUT2D eigenvalue weighted by molar-refractivity contribution is -0.121. The molecule has 1 amide bonds. The van der Waals surface area contributed by atoms with E-state index in [1.165, 1.54) is 11.8 Å². The Morgan fingerprint density at radius 3 is 2.65 bits per heavy atom. The predicted molar refractivity (Wildman–Crippen MR) is 113 cm³/mol. The van der Waals surface area contributed by atoms with Gasteiger partial charge in [-0.25, -0.2) is 0 Å². The second-order valence-electron chi connectivity index (χ2n) is 5.68. The highest BCUT2D eigenvalue weighted by molar-refractivity contribution is 8.26. The van der Waals surface area contributed by atoms with Crippen molar-refractivity contribution in [2.75, 3.05) is 19.1 Å². The van der Waals surface area contributed by atoms with Crippen LogP contribution in [0.1, 0.15) is 11.1 Å². The first-order chi connectivity index (χ1) is 12.5. The molecule has 0 unspecified atom stereocenters. The van der Waals surface area contributed by atoms with Crippen LogP contribution in [0.25, 0.3) is 6.08 Å². The number of nitrogens with zero attached hydrogens (tertiary/aromatic N) is 1.